The molecule has 1 fully saturated rings. The molecule has 2 N–H and O–H groups in total. The number of methoxy groups -OCH3 is 1. The predicted molar refractivity (Wildman–Crippen MR) is 83.2 cm³/mol. The fraction of sp³-hybridized carbons (Fsp3) is 0.294. The average molecular weight is 268 g/mol. The molecule has 0 bridgehead atoms. The Bertz CT molecular complexity index is 597. The van der Waals surface area contributed by atoms with Crippen molar-refractivity contribution in [2.24, 2.45) is 0 Å². The summed E-state index contributed by atoms with van der Waals surface area (Å²) < 4.78 is 5.50. The molecule has 0 aliphatic carbocycles. The summed E-state index contributed by atoms with van der Waals surface area (Å²) in [6.07, 6.45) is 2.35. The molecule has 0 saturated carbocycles. The zero-order chi connectivity index (χ0) is 13.9. The van der Waals surface area contributed by atoms with Crippen LogP contribution in [0.1, 0.15) is 24.4 Å². The average Bonchev–Trinajstić information content (AvgIpc) is 2.96. The van der Waals surface area contributed by atoms with Gasteiger partial charge in [0.15, 0.2) is 0 Å². The van der Waals surface area contributed by atoms with Crippen LogP contribution < -0.4 is 15.4 Å². The van der Waals surface area contributed by atoms with Crippen molar-refractivity contribution in [3.05, 3.63) is 54.1 Å². The Labute approximate surface area is 120 Å². The zero-order valence-corrected chi connectivity index (χ0v) is 11.8. The number of nitrogens with two attached hydrogens (primary N) is 1. The summed E-state index contributed by atoms with van der Waals surface area (Å²) in [6.45, 7) is 1.06. The molecule has 1 heterocycles. The van der Waals surface area contributed by atoms with Crippen molar-refractivity contribution in [1.82, 2.24) is 0 Å². The van der Waals surface area contributed by atoms with Gasteiger partial charge in [0.05, 0.1) is 18.8 Å². The van der Waals surface area contributed by atoms with Gasteiger partial charge >= 0.3 is 0 Å². The van der Waals surface area contributed by atoms with Crippen LogP contribution in [0.25, 0.3) is 0 Å². The molecule has 3 nitrogen and oxygen atoms in total. The molecular weight excluding hydrogens is 248 g/mol. The summed E-state index contributed by atoms with van der Waals surface area (Å²) in [7, 11) is 1.73. The molecular formula is C17H20N2O. The van der Waals surface area contributed by atoms with Gasteiger partial charge in [0.25, 0.3) is 0 Å². The SMILES string of the molecule is COc1ccccc1N1CCCC1c1cccc(N)c1. The van der Waals surface area contributed by atoms with Crippen molar-refractivity contribution in [2.45, 2.75) is 18.9 Å². The Morgan fingerprint density at radius 2 is 2.00 bits per heavy atom. The highest BCUT2D eigenvalue weighted by Gasteiger charge is 2.27. The second kappa shape index (κ2) is 5.45. The van der Waals surface area contributed by atoms with Crippen LogP contribution in [-0.4, -0.2) is 13.7 Å². The highest BCUT2D eigenvalue weighted by molar-refractivity contribution is 5.61. The molecule has 0 aromatic heterocycles. The molecule has 2 aromatic carbocycles. The van der Waals surface area contributed by atoms with Crippen molar-refractivity contribution >= 4 is 11.4 Å². The van der Waals surface area contributed by atoms with Gasteiger partial charge in [-0.3, -0.25) is 0 Å². The molecule has 0 radical (unpaired) electrons. The fourth-order valence-corrected chi connectivity index (χ4v) is 3.03. The summed E-state index contributed by atoms with van der Waals surface area (Å²) in [4.78, 5) is 2.42. The van der Waals surface area contributed by atoms with Crippen LogP contribution in [0.4, 0.5) is 11.4 Å². The number of para-hydroxylation sites is 2. The van der Waals surface area contributed by atoms with Gasteiger partial charge in [0, 0.05) is 12.2 Å². The lowest BCUT2D eigenvalue weighted by Crippen LogP contribution is -2.23. The third-order valence-corrected chi connectivity index (χ3v) is 3.94. The number of ether oxygens (including phenoxy) is 1. The second-order valence-electron chi connectivity index (χ2n) is 5.19. The Kier molecular flexibility index (Phi) is 3.50. The molecule has 1 aliphatic rings. The minimum atomic E-state index is 0.384. The molecule has 1 unspecified atom stereocenters. The Hall–Kier alpha value is -2.16. The summed E-state index contributed by atoms with van der Waals surface area (Å²) >= 11 is 0. The van der Waals surface area contributed by atoms with E-state index in [2.05, 4.69) is 29.2 Å². The maximum Gasteiger partial charge on any atom is 0.142 e. The first-order valence-electron chi connectivity index (χ1n) is 7.04. The molecule has 3 rings (SSSR count). The van der Waals surface area contributed by atoms with E-state index in [1.54, 1.807) is 7.11 Å². The van der Waals surface area contributed by atoms with Crippen molar-refractivity contribution in [3.8, 4) is 5.75 Å². The summed E-state index contributed by atoms with van der Waals surface area (Å²) in [5.74, 6) is 0.934. The number of anilines is 2. The molecule has 3 heteroatoms. The summed E-state index contributed by atoms with van der Waals surface area (Å²) in [5.41, 5.74) is 9.20. The van der Waals surface area contributed by atoms with E-state index in [0.29, 0.717) is 6.04 Å². The van der Waals surface area contributed by atoms with Crippen LogP contribution in [0.2, 0.25) is 0 Å². The first-order valence-corrected chi connectivity index (χ1v) is 7.04. The summed E-state index contributed by atoms with van der Waals surface area (Å²) in [6, 6.07) is 16.8. The van der Waals surface area contributed by atoms with Gasteiger partial charge in [-0.1, -0.05) is 24.3 Å². The first kappa shape index (κ1) is 12.9. The van der Waals surface area contributed by atoms with Crippen LogP contribution >= 0.6 is 0 Å². The number of benzene rings is 2. The van der Waals surface area contributed by atoms with Crippen molar-refractivity contribution in [1.29, 1.82) is 0 Å². The van der Waals surface area contributed by atoms with E-state index in [1.807, 2.05) is 24.3 Å². The van der Waals surface area contributed by atoms with Crippen molar-refractivity contribution in [2.75, 3.05) is 24.3 Å². The molecule has 2 aromatic rings. The van der Waals surface area contributed by atoms with Crippen molar-refractivity contribution in [3.63, 3.8) is 0 Å². The minimum absolute atomic E-state index is 0.384. The number of nitrogens with zero attached hydrogens (tertiary/aromatic N) is 1. The molecule has 0 spiro atoms. The third kappa shape index (κ3) is 2.31. The maximum absolute atomic E-state index is 5.92. The normalized spacial score (nSPS) is 18.2. The predicted octanol–water partition coefficient (Wildman–Crippen LogP) is 3.62. The number of hydrogen-bond donors (Lipinski definition) is 1. The van der Waals surface area contributed by atoms with E-state index >= 15 is 0 Å². The van der Waals surface area contributed by atoms with E-state index in [-0.39, 0.29) is 0 Å². The molecule has 104 valence electrons. The lowest BCUT2D eigenvalue weighted by Gasteiger charge is -2.28. The van der Waals surface area contributed by atoms with Gasteiger partial charge in [0.1, 0.15) is 5.75 Å². The lowest BCUT2D eigenvalue weighted by atomic mass is 10.0. The highest BCUT2D eigenvalue weighted by atomic mass is 16.5. The Balaban J connectivity index is 1.96. The first-order chi connectivity index (χ1) is 9.79. The summed E-state index contributed by atoms with van der Waals surface area (Å²) in [5, 5.41) is 0. The maximum atomic E-state index is 5.92. The topological polar surface area (TPSA) is 38.5 Å². The molecule has 20 heavy (non-hydrogen) atoms. The Morgan fingerprint density at radius 1 is 1.15 bits per heavy atom. The second-order valence-corrected chi connectivity index (χ2v) is 5.19. The fourth-order valence-electron chi connectivity index (χ4n) is 3.03. The van der Waals surface area contributed by atoms with Crippen LogP contribution in [0, 0.1) is 0 Å². The van der Waals surface area contributed by atoms with Crippen LogP contribution in [0.3, 0.4) is 0 Å². The van der Waals surface area contributed by atoms with Gasteiger partial charge in [-0.2, -0.15) is 0 Å². The van der Waals surface area contributed by atoms with Crippen LogP contribution in [0.15, 0.2) is 48.5 Å². The van der Waals surface area contributed by atoms with Gasteiger partial charge in [-0.25, -0.2) is 0 Å². The molecule has 1 saturated heterocycles. The minimum Gasteiger partial charge on any atom is -0.495 e. The lowest BCUT2D eigenvalue weighted by molar-refractivity contribution is 0.414. The van der Waals surface area contributed by atoms with Crippen molar-refractivity contribution < 1.29 is 4.74 Å². The zero-order valence-electron chi connectivity index (χ0n) is 11.8. The third-order valence-electron chi connectivity index (χ3n) is 3.94. The van der Waals surface area contributed by atoms with E-state index in [0.717, 1.165) is 24.4 Å². The van der Waals surface area contributed by atoms with Gasteiger partial charge in [-0.05, 0) is 42.7 Å². The van der Waals surface area contributed by atoms with E-state index < -0.39 is 0 Å². The van der Waals surface area contributed by atoms with Crippen LogP contribution in [0.5, 0.6) is 5.75 Å². The number of hydrogen-bond acceptors (Lipinski definition) is 3. The van der Waals surface area contributed by atoms with Gasteiger partial charge < -0.3 is 15.4 Å². The molecule has 1 atom stereocenters. The highest BCUT2D eigenvalue weighted by Crippen LogP contribution is 2.40. The smallest absolute Gasteiger partial charge is 0.142 e. The van der Waals surface area contributed by atoms with E-state index in [1.165, 1.54) is 17.7 Å². The monoisotopic (exact) mass is 268 g/mol. The number of nitrogen functional groups attached to an aromatic ring is 1. The van der Waals surface area contributed by atoms with E-state index in [4.69, 9.17) is 10.5 Å². The quantitative estimate of drug-likeness (QED) is 0.864. The van der Waals surface area contributed by atoms with Gasteiger partial charge in [0.2, 0.25) is 0 Å². The Morgan fingerprint density at radius 3 is 2.80 bits per heavy atom. The molecule has 0 amide bonds. The van der Waals surface area contributed by atoms with Crippen LogP contribution in [-0.2, 0) is 0 Å². The van der Waals surface area contributed by atoms with E-state index in [9.17, 15) is 0 Å². The van der Waals surface area contributed by atoms with Gasteiger partial charge in [-0.15, -0.1) is 0 Å². The number of rotatable bonds is 3. The molecule has 1 aliphatic heterocycles. The largest absolute Gasteiger partial charge is 0.495 e. The standard InChI is InChI=1S/C17H20N2O/c1-20-17-10-3-2-8-16(17)19-11-5-9-15(19)13-6-4-7-14(18)12-13/h2-4,6-8,10,12,15H,5,9,11,18H2,1H3.